The molecule has 9 heteroatoms. The molecule has 1 heterocycles. The Morgan fingerprint density at radius 3 is 2.23 bits per heavy atom. The second-order valence-electron chi connectivity index (χ2n) is 4.86. The molecule has 0 amide bonds. The molecule has 0 aliphatic carbocycles. The molecule has 1 aliphatic heterocycles. The summed E-state index contributed by atoms with van der Waals surface area (Å²) >= 11 is 0. The van der Waals surface area contributed by atoms with Crippen LogP contribution in [0.2, 0.25) is 0 Å². The number of hydrogen-bond donors (Lipinski definition) is 1. The normalized spacial score (nSPS) is 22.8. The van der Waals surface area contributed by atoms with Crippen LogP contribution in [-0.4, -0.2) is 31.7 Å². The molecule has 1 aromatic rings. The van der Waals surface area contributed by atoms with Crippen molar-refractivity contribution in [2.45, 2.75) is 31.1 Å². The molecule has 1 fully saturated rings. The third kappa shape index (κ3) is 5.06. The molecule has 1 aliphatic rings. The second kappa shape index (κ2) is 6.33. The zero-order valence-electron chi connectivity index (χ0n) is 11.2. The summed E-state index contributed by atoms with van der Waals surface area (Å²) in [6.45, 7) is -0.233. The van der Waals surface area contributed by atoms with Gasteiger partial charge in [0.25, 0.3) is 0 Å². The molecular weight excluding hydrogens is 316 g/mol. The lowest BCUT2D eigenvalue weighted by atomic mass is 10.2. The van der Waals surface area contributed by atoms with Gasteiger partial charge in [0.1, 0.15) is 11.9 Å². The molecule has 0 radical (unpaired) electrons. The van der Waals surface area contributed by atoms with Crippen LogP contribution in [0.1, 0.15) is 12.0 Å². The zero-order valence-corrected chi connectivity index (χ0v) is 11.2. The summed E-state index contributed by atoms with van der Waals surface area (Å²) in [5, 5.41) is 2.81. The van der Waals surface area contributed by atoms with Gasteiger partial charge in [-0.3, -0.25) is 4.74 Å². The van der Waals surface area contributed by atoms with E-state index in [9.17, 15) is 26.3 Å². The number of nitrogens with one attached hydrogen (secondary N) is 1. The van der Waals surface area contributed by atoms with E-state index in [4.69, 9.17) is 4.74 Å². The van der Waals surface area contributed by atoms with Crippen molar-refractivity contribution in [2.24, 2.45) is 0 Å². The monoisotopic (exact) mass is 329 g/mol. The van der Waals surface area contributed by atoms with Crippen molar-refractivity contribution in [2.75, 3.05) is 13.2 Å². The maximum Gasteiger partial charge on any atom is 0.522 e. The summed E-state index contributed by atoms with van der Waals surface area (Å²) in [5.74, 6) is 0.234. The molecule has 1 aromatic carbocycles. The van der Waals surface area contributed by atoms with Crippen LogP contribution in [0.5, 0.6) is 5.75 Å². The van der Waals surface area contributed by atoms with Gasteiger partial charge >= 0.3 is 12.5 Å². The summed E-state index contributed by atoms with van der Waals surface area (Å²) in [6, 6.07) is 3.63. The predicted octanol–water partition coefficient (Wildman–Crippen LogP) is 3.35. The third-order valence-electron chi connectivity index (χ3n) is 3.11. The number of benzene rings is 1. The Balaban J connectivity index is 1.83. The first-order valence-corrected chi connectivity index (χ1v) is 6.41. The quantitative estimate of drug-likeness (QED) is 0.860. The summed E-state index contributed by atoms with van der Waals surface area (Å²) in [6.07, 6.45) is -9.25. The van der Waals surface area contributed by atoms with Gasteiger partial charge in [-0.05, 0) is 24.3 Å². The molecule has 0 spiro atoms. The Kier molecular flexibility index (Phi) is 4.86. The van der Waals surface area contributed by atoms with Crippen LogP contribution in [0.15, 0.2) is 24.3 Å². The smallest absolute Gasteiger partial charge is 0.489 e. The molecular formula is C13H13F6NO2. The number of hydrogen-bond acceptors (Lipinski definition) is 3. The van der Waals surface area contributed by atoms with Gasteiger partial charge in [-0.1, -0.05) is 0 Å². The van der Waals surface area contributed by atoms with Crippen molar-refractivity contribution in [1.29, 1.82) is 0 Å². The highest BCUT2D eigenvalue weighted by atomic mass is 19.4. The van der Waals surface area contributed by atoms with Gasteiger partial charge in [0.15, 0.2) is 0 Å². The lowest BCUT2D eigenvalue weighted by Gasteiger charge is -2.15. The van der Waals surface area contributed by atoms with Crippen LogP contribution in [0.4, 0.5) is 26.3 Å². The Morgan fingerprint density at radius 2 is 1.68 bits per heavy atom. The summed E-state index contributed by atoms with van der Waals surface area (Å²) in [7, 11) is 0. The van der Waals surface area contributed by atoms with E-state index in [1.54, 1.807) is 0 Å². The predicted molar refractivity (Wildman–Crippen MR) is 64.3 cm³/mol. The number of halogens is 6. The fraction of sp³-hybridized carbons (Fsp3) is 0.538. The Labute approximate surface area is 122 Å². The van der Waals surface area contributed by atoms with Gasteiger partial charge in [0, 0.05) is 19.0 Å². The molecule has 0 saturated carbocycles. The van der Waals surface area contributed by atoms with Crippen molar-refractivity contribution in [1.82, 2.24) is 5.32 Å². The fourth-order valence-corrected chi connectivity index (χ4v) is 2.11. The molecule has 1 N–H and O–H groups in total. The second-order valence-corrected chi connectivity index (χ2v) is 4.86. The Morgan fingerprint density at radius 1 is 1.05 bits per heavy atom. The standard InChI is InChI=1S/C13H13F6NO2/c14-12(15,16)8-1-3-10(4-2-8)22-11-5-9(20-6-11)7-21-13(17,18)19/h1-4,9,11,20H,5-7H2/t9-,11-/m0/s1. The van der Waals surface area contributed by atoms with Gasteiger partial charge in [-0.25, -0.2) is 0 Å². The van der Waals surface area contributed by atoms with E-state index in [-0.39, 0.29) is 12.2 Å². The number of ether oxygens (including phenoxy) is 2. The summed E-state index contributed by atoms with van der Waals surface area (Å²) in [4.78, 5) is 0. The molecule has 2 atom stereocenters. The maximum atomic E-state index is 12.4. The third-order valence-corrected chi connectivity index (χ3v) is 3.11. The van der Waals surface area contributed by atoms with E-state index in [1.807, 2.05) is 0 Å². The van der Waals surface area contributed by atoms with Crippen LogP contribution in [0, 0.1) is 0 Å². The van der Waals surface area contributed by atoms with Crippen LogP contribution in [-0.2, 0) is 10.9 Å². The Hall–Kier alpha value is -1.48. The van der Waals surface area contributed by atoms with Crippen molar-refractivity contribution < 1.29 is 35.8 Å². The summed E-state index contributed by atoms with van der Waals surface area (Å²) < 4.78 is 82.1. The molecule has 0 bridgehead atoms. The van der Waals surface area contributed by atoms with E-state index >= 15 is 0 Å². The highest BCUT2D eigenvalue weighted by molar-refractivity contribution is 5.29. The molecule has 0 unspecified atom stereocenters. The molecule has 3 nitrogen and oxygen atoms in total. The van der Waals surface area contributed by atoms with Crippen LogP contribution < -0.4 is 10.1 Å². The van der Waals surface area contributed by atoms with E-state index in [1.165, 1.54) is 12.1 Å². The molecule has 124 valence electrons. The molecule has 0 aromatic heterocycles. The van der Waals surface area contributed by atoms with Gasteiger partial charge < -0.3 is 10.1 Å². The first-order valence-electron chi connectivity index (χ1n) is 6.41. The topological polar surface area (TPSA) is 30.5 Å². The first kappa shape index (κ1) is 16.9. The highest BCUT2D eigenvalue weighted by Gasteiger charge is 2.34. The van der Waals surface area contributed by atoms with E-state index in [2.05, 4.69) is 10.1 Å². The van der Waals surface area contributed by atoms with Gasteiger partial charge in [0.05, 0.1) is 12.2 Å². The fourth-order valence-electron chi connectivity index (χ4n) is 2.11. The molecule has 2 rings (SSSR count). The molecule has 1 saturated heterocycles. The van der Waals surface area contributed by atoms with Crippen molar-refractivity contribution in [3.63, 3.8) is 0 Å². The van der Waals surface area contributed by atoms with Crippen molar-refractivity contribution in [3.8, 4) is 5.75 Å². The molecule has 22 heavy (non-hydrogen) atoms. The minimum absolute atomic E-state index is 0.234. The zero-order chi connectivity index (χ0) is 16.4. The van der Waals surface area contributed by atoms with E-state index < -0.39 is 36.9 Å². The van der Waals surface area contributed by atoms with Crippen LogP contribution >= 0.6 is 0 Å². The van der Waals surface area contributed by atoms with Gasteiger partial charge in [-0.15, -0.1) is 13.2 Å². The average molecular weight is 329 g/mol. The number of alkyl halides is 6. The van der Waals surface area contributed by atoms with Gasteiger partial charge in [0.2, 0.25) is 0 Å². The van der Waals surface area contributed by atoms with Crippen molar-refractivity contribution in [3.05, 3.63) is 29.8 Å². The first-order chi connectivity index (χ1) is 10.1. The largest absolute Gasteiger partial charge is 0.522 e. The number of rotatable bonds is 4. The highest BCUT2D eigenvalue weighted by Crippen LogP contribution is 2.30. The van der Waals surface area contributed by atoms with Gasteiger partial charge in [-0.2, -0.15) is 13.2 Å². The average Bonchev–Trinajstić information content (AvgIpc) is 2.83. The lowest BCUT2D eigenvalue weighted by Crippen LogP contribution is -2.30. The van der Waals surface area contributed by atoms with Crippen LogP contribution in [0.25, 0.3) is 0 Å². The summed E-state index contributed by atoms with van der Waals surface area (Å²) in [5.41, 5.74) is -0.791. The minimum atomic E-state index is -4.69. The SMILES string of the molecule is FC(F)(F)OC[C@@H]1C[C@H](Oc2ccc(C(F)(F)F)cc2)CN1. The maximum absolute atomic E-state index is 12.4. The van der Waals surface area contributed by atoms with E-state index in [0.717, 1.165) is 12.1 Å². The van der Waals surface area contributed by atoms with Crippen LogP contribution in [0.3, 0.4) is 0 Å². The lowest BCUT2D eigenvalue weighted by molar-refractivity contribution is -0.326. The Bertz CT molecular complexity index is 485. The minimum Gasteiger partial charge on any atom is -0.489 e. The van der Waals surface area contributed by atoms with Crippen molar-refractivity contribution >= 4 is 0 Å². The van der Waals surface area contributed by atoms with E-state index in [0.29, 0.717) is 6.54 Å².